The number of carbonyl (C=O) groups is 1. The molecule has 0 fully saturated rings. The maximum atomic E-state index is 12.4. The number of rotatable bonds is 4. The SMILES string of the molecule is Cc1nc2nccc(C(=O)OCc3cnc(-c4ccccc4)s3)c2[nH]1. The number of nitrogens with one attached hydrogen (secondary N) is 1. The van der Waals surface area contributed by atoms with Crippen molar-refractivity contribution in [1.82, 2.24) is 19.9 Å². The molecule has 4 aromatic rings. The van der Waals surface area contributed by atoms with E-state index in [1.165, 1.54) is 11.3 Å². The first-order valence-electron chi connectivity index (χ1n) is 7.69. The summed E-state index contributed by atoms with van der Waals surface area (Å²) in [5.74, 6) is 0.295. The normalized spacial score (nSPS) is 10.9. The largest absolute Gasteiger partial charge is 0.456 e. The van der Waals surface area contributed by atoms with Crippen LogP contribution in [-0.2, 0) is 11.3 Å². The van der Waals surface area contributed by atoms with E-state index >= 15 is 0 Å². The van der Waals surface area contributed by atoms with Crippen LogP contribution in [0.1, 0.15) is 21.1 Å². The molecule has 3 heterocycles. The Labute approximate surface area is 147 Å². The molecule has 0 bridgehead atoms. The highest BCUT2D eigenvalue weighted by Gasteiger charge is 2.15. The lowest BCUT2D eigenvalue weighted by Gasteiger charge is -2.03. The van der Waals surface area contributed by atoms with Crippen LogP contribution in [0.4, 0.5) is 0 Å². The number of aryl methyl sites for hydroxylation is 1. The lowest BCUT2D eigenvalue weighted by Crippen LogP contribution is -2.05. The van der Waals surface area contributed by atoms with Gasteiger partial charge in [0.05, 0.1) is 16.0 Å². The Morgan fingerprint density at radius 1 is 1.20 bits per heavy atom. The van der Waals surface area contributed by atoms with Gasteiger partial charge >= 0.3 is 5.97 Å². The molecule has 0 saturated carbocycles. The zero-order chi connectivity index (χ0) is 17.2. The third-order valence-electron chi connectivity index (χ3n) is 3.65. The second-order valence-electron chi connectivity index (χ2n) is 5.45. The molecule has 0 aliphatic rings. The number of pyridine rings is 1. The van der Waals surface area contributed by atoms with Crippen molar-refractivity contribution in [3.8, 4) is 10.6 Å². The van der Waals surface area contributed by atoms with Crippen molar-refractivity contribution in [2.75, 3.05) is 0 Å². The fraction of sp³-hybridized carbons (Fsp3) is 0.111. The quantitative estimate of drug-likeness (QED) is 0.567. The molecule has 6 nitrogen and oxygen atoms in total. The molecule has 0 amide bonds. The van der Waals surface area contributed by atoms with E-state index in [-0.39, 0.29) is 6.61 Å². The lowest BCUT2D eigenvalue weighted by molar-refractivity contribution is 0.0478. The molecule has 0 atom stereocenters. The van der Waals surface area contributed by atoms with Crippen LogP contribution in [0.5, 0.6) is 0 Å². The van der Waals surface area contributed by atoms with Crippen molar-refractivity contribution < 1.29 is 9.53 Å². The molecule has 0 radical (unpaired) electrons. The molecule has 0 aliphatic carbocycles. The fourth-order valence-corrected chi connectivity index (χ4v) is 3.33. The maximum Gasteiger partial charge on any atom is 0.340 e. The van der Waals surface area contributed by atoms with Crippen LogP contribution in [0.2, 0.25) is 0 Å². The molecule has 1 N–H and O–H groups in total. The first-order valence-corrected chi connectivity index (χ1v) is 8.51. The number of aromatic nitrogens is 4. The lowest BCUT2D eigenvalue weighted by atomic mass is 10.2. The van der Waals surface area contributed by atoms with Gasteiger partial charge in [0.15, 0.2) is 5.65 Å². The molecule has 0 aliphatic heterocycles. The number of fused-ring (bicyclic) bond motifs is 1. The number of hydrogen-bond acceptors (Lipinski definition) is 6. The molecule has 7 heteroatoms. The smallest absolute Gasteiger partial charge is 0.340 e. The van der Waals surface area contributed by atoms with E-state index < -0.39 is 5.97 Å². The third-order valence-corrected chi connectivity index (χ3v) is 4.67. The Morgan fingerprint density at radius 2 is 2.04 bits per heavy atom. The van der Waals surface area contributed by atoms with E-state index in [1.54, 1.807) is 18.5 Å². The summed E-state index contributed by atoms with van der Waals surface area (Å²) in [6.45, 7) is 2.00. The van der Waals surface area contributed by atoms with E-state index in [4.69, 9.17) is 4.74 Å². The number of H-pyrrole nitrogens is 1. The number of carbonyl (C=O) groups excluding carboxylic acids is 1. The van der Waals surface area contributed by atoms with E-state index in [1.807, 2.05) is 37.3 Å². The van der Waals surface area contributed by atoms with Crippen LogP contribution in [0, 0.1) is 6.92 Å². The molecular weight excluding hydrogens is 336 g/mol. The Bertz CT molecular complexity index is 1040. The van der Waals surface area contributed by atoms with Crippen molar-refractivity contribution in [3.05, 3.63) is 65.1 Å². The Morgan fingerprint density at radius 3 is 2.88 bits per heavy atom. The Kier molecular flexibility index (Phi) is 3.99. The molecule has 124 valence electrons. The number of thiazole rings is 1. The van der Waals surface area contributed by atoms with Gasteiger partial charge in [0.25, 0.3) is 0 Å². The predicted octanol–water partition coefficient (Wildman–Crippen LogP) is 3.75. The summed E-state index contributed by atoms with van der Waals surface area (Å²) in [4.78, 5) is 29.1. The summed E-state index contributed by atoms with van der Waals surface area (Å²) in [7, 11) is 0. The van der Waals surface area contributed by atoms with Crippen molar-refractivity contribution >= 4 is 28.5 Å². The first kappa shape index (κ1) is 15.5. The van der Waals surface area contributed by atoms with Gasteiger partial charge in [-0.1, -0.05) is 30.3 Å². The highest BCUT2D eigenvalue weighted by molar-refractivity contribution is 7.15. The number of aromatic amines is 1. The van der Waals surface area contributed by atoms with Crippen molar-refractivity contribution in [2.45, 2.75) is 13.5 Å². The van der Waals surface area contributed by atoms with Gasteiger partial charge < -0.3 is 9.72 Å². The highest BCUT2D eigenvalue weighted by Crippen LogP contribution is 2.25. The molecule has 0 saturated heterocycles. The minimum Gasteiger partial charge on any atom is -0.456 e. The monoisotopic (exact) mass is 350 g/mol. The molecule has 25 heavy (non-hydrogen) atoms. The second kappa shape index (κ2) is 6.45. The van der Waals surface area contributed by atoms with Crippen molar-refractivity contribution in [3.63, 3.8) is 0 Å². The topological polar surface area (TPSA) is 80.8 Å². The standard InChI is InChI=1S/C18H14N4O2S/c1-11-21-15-14(7-8-19-16(15)22-11)18(23)24-10-13-9-20-17(25-13)12-5-3-2-4-6-12/h2-9H,10H2,1H3,(H,19,21,22). The number of nitrogens with zero attached hydrogens (tertiary/aromatic N) is 3. The second-order valence-corrected chi connectivity index (χ2v) is 6.57. The molecule has 0 unspecified atom stereocenters. The number of hydrogen-bond donors (Lipinski definition) is 1. The average molecular weight is 350 g/mol. The molecular formula is C18H14N4O2S. The molecule has 4 rings (SSSR count). The summed E-state index contributed by atoms with van der Waals surface area (Å²) < 4.78 is 5.44. The maximum absolute atomic E-state index is 12.4. The van der Waals surface area contributed by atoms with Crippen LogP contribution < -0.4 is 0 Å². The fourth-order valence-electron chi connectivity index (χ4n) is 2.50. The number of benzene rings is 1. The van der Waals surface area contributed by atoms with Gasteiger partial charge in [0.2, 0.25) is 0 Å². The van der Waals surface area contributed by atoms with E-state index in [0.29, 0.717) is 22.6 Å². The minimum absolute atomic E-state index is 0.181. The average Bonchev–Trinajstić information content (AvgIpc) is 3.25. The van der Waals surface area contributed by atoms with Gasteiger partial charge in [-0.25, -0.2) is 19.7 Å². The van der Waals surface area contributed by atoms with Gasteiger partial charge in [-0.2, -0.15) is 0 Å². The van der Waals surface area contributed by atoms with Gasteiger partial charge in [0.1, 0.15) is 17.4 Å². The number of imidazole rings is 1. The van der Waals surface area contributed by atoms with E-state index in [2.05, 4.69) is 19.9 Å². The van der Waals surface area contributed by atoms with Crippen molar-refractivity contribution in [2.24, 2.45) is 0 Å². The summed E-state index contributed by atoms with van der Waals surface area (Å²) in [5, 5.41) is 0.905. The van der Waals surface area contributed by atoms with Gasteiger partial charge in [-0.15, -0.1) is 11.3 Å². The molecule has 3 aromatic heterocycles. The van der Waals surface area contributed by atoms with Gasteiger partial charge in [-0.05, 0) is 13.0 Å². The van der Waals surface area contributed by atoms with Gasteiger partial charge in [-0.3, -0.25) is 0 Å². The third kappa shape index (κ3) is 3.14. The van der Waals surface area contributed by atoms with Crippen LogP contribution in [0.3, 0.4) is 0 Å². The zero-order valence-electron chi connectivity index (χ0n) is 13.4. The zero-order valence-corrected chi connectivity index (χ0v) is 14.2. The first-order chi connectivity index (χ1) is 12.2. The summed E-state index contributed by atoms with van der Waals surface area (Å²) in [6, 6.07) is 11.5. The van der Waals surface area contributed by atoms with Crippen molar-refractivity contribution in [1.29, 1.82) is 0 Å². The molecule has 0 spiro atoms. The molecule has 1 aromatic carbocycles. The van der Waals surface area contributed by atoms with Crippen LogP contribution >= 0.6 is 11.3 Å². The van der Waals surface area contributed by atoms with E-state index in [0.717, 1.165) is 15.4 Å². The Balaban J connectivity index is 1.49. The van der Waals surface area contributed by atoms with E-state index in [9.17, 15) is 4.79 Å². The Hall–Kier alpha value is -3.06. The van der Waals surface area contributed by atoms with Gasteiger partial charge in [0, 0.05) is 18.0 Å². The van der Waals surface area contributed by atoms with Crippen LogP contribution in [0.15, 0.2) is 48.8 Å². The van der Waals surface area contributed by atoms with Crippen LogP contribution in [-0.4, -0.2) is 25.9 Å². The minimum atomic E-state index is -0.411. The predicted molar refractivity (Wildman–Crippen MR) is 95.3 cm³/mol. The summed E-state index contributed by atoms with van der Waals surface area (Å²) >= 11 is 1.51. The summed E-state index contributed by atoms with van der Waals surface area (Å²) in [6.07, 6.45) is 3.29. The number of ether oxygens (including phenoxy) is 1. The summed E-state index contributed by atoms with van der Waals surface area (Å²) in [5.41, 5.74) is 2.59. The highest BCUT2D eigenvalue weighted by atomic mass is 32.1. The van der Waals surface area contributed by atoms with Crippen LogP contribution in [0.25, 0.3) is 21.7 Å². The number of esters is 1.